The zero-order chi connectivity index (χ0) is 10.8. The van der Waals surface area contributed by atoms with E-state index in [0.29, 0.717) is 5.92 Å². The highest BCUT2D eigenvalue weighted by molar-refractivity contribution is 7.89. The average molecular weight is 219 g/mol. The van der Waals surface area contributed by atoms with Gasteiger partial charge in [-0.1, -0.05) is 13.8 Å². The highest BCUT2D eigenvalue weighted by atomic mass is 32.2. The van der Waals surface area contributed by atoms with Crippen molar-refractivity contribution in [2.24, 2.45) is 5.92 Å². The molecule has 1 heterocycles. The Morgan fingerprint density at radius 3 is 2.14 bits per heavy atom. The molecule has 1 unspecified atom stereocenters. The molecule has 0 amide bonds. The van der Waals surface area contributed by atoms with Crippen LogP contribution < -0.4 is 0 Å². The molecule has 1 aliphatic heterocycles. The van der Waals surface area contributed by atoms with Crippen LogP contribution in [0.4, 0.5) is 0 Å². The summed E-state index contributed by atoms with van der Waals surface area (Å²) in [6, 6.07) is 0. The van der Waals surface area contributed by atoms with Crippen LogP contribution in [-0.4, -0.2) is 52.4 Å². The third kappa shape index (κ3) is 3.55. The van der Waals surface area contributed by atoms with Gasteiger partial charge in [-0.2, -0.15) is 0 Å². The second-order valence-electron chi connectivity index (χ2n) is 4.43. The fourth-order valence-electron chi connectivity index (χ4n) is 1.78. The molecule has 0 bridgehead atoms. The zero-order valence-corrected chi connectivity index (χ0v) is 10.1. The van der Waals surface area contributed by atoms with Gasteiger partial charge in [0.05, 0.1) is 0 Å². The molecule has 1 rings (SSSR count). The lowest BCUT2D eigenvalue weighted by Crippen LogP contribution is -2.48. The lowest BCUT2D eigenvalue weighted by Gasteiger charge is -2.35. The van der Waals surface area contributed by atoms with Gasteiger partial charge in [0.2, 0.25) is 0 Å². The Kier molecular flexibility index (Phi) is 3.92. The highest BCUT2D eigenvalue weighted by Gasteiger charge is 2.21. The summed E-state index contributed by atoms with van der Waals surface area (Å²) in [5, 5.41) is 0. The molecular formula is C9H21N3OS. The molecule has 0 aromatic rings. The van der Waals surface area contributed by atoms with Gasteiger partial charge in [-0.15, -0.1) is 0 Å². The van der Waals surface area contributed by atoms with Crippen LogP contribution in [0.5, 0.6) is 0 Å². The van der Waals surface area contributed by atoms with E-state index in [1.54, 1.807) is 4.31 Å². The van der Waals surface area contributed by atoms with E-state index >= 15 is 0 Å². The van der Waals surface area contributed by atoms with Gasteiger partial charge in [-0.25, -0.2) is 13.3 Å². The van der Waals surface area contributed by atoms with Crippen molar-refractivity contribution in [3.63, 3.8) is 0 Å². The predicted octanol–water partition coefficient (Wildman–Crippen LogP) is 0.852. The van der Waals surface area contributed by atoms with Crippen LogP contribution in [0.15, 0.2) is 0 Å². The fraction of sp³-hybridized carbons (Fsp3) is 1.00. The summed E-state index contributed by atoms with van der Waals surface area (Å²) >= 11 is 0. The van der Waals surface area contributed by atoms with Gasteiger partial charge in [0.25, 0.3) is 0 Å². The van der Waals surface area contributed by atoms with Crippen molar-refractivity contribution in [2.75, 3.05) is 39.0 Å². The first-order chi connectivity index (χ1) is 6.39. The molecule has 0 aliphatic carbocycles. The minimum atomic E-state index is -2.47. The molecule has 0 saturated carbocycles. The van der Waals surface area contributed by atoms with Crippen molar-refractivity contribution in [1.29, 1.82) is 4.78 Å². The van der Waals surface area contributed by atoms with Crippen molar-refractivity contribution in [3.05, 3.63) is 0 Å². The molecule has 0 aromatic heterocycles. The monoisotopic (exact) mass is 219 g/mol. The molecule has 1 atom stereocenters. The van der Waals surface area contributed by atoms with Crippen molar-refractivity contribution in [1.82, 2.24) is 9.21 Å². The van der Waals surface area contributed by atoms with Crippen LogP contribution in [-0.2, 0) is 9.92 Å². The molecule has 1 aliphatic rings. The van der Waals surface area contributed by atoms with Crippen LogP contribution in [0.25, 0.3) is 0 Å². The van der Waals surface area contributed by atoms with Gasteiger partial charge in [-0.05, 0) is 5.92 Å². The van der Waals surface area contributed by atoms with Crippen molar-refractivity contribution >= 4 is 9.92 Å². The zero-order valence-electron chi connectivity index (χ0n) is 9.32. The maximum atomic E-state index is 11.4. The number of nitrogens with one attached hydrogen (secondary N) is 1. The van der Waals surface area contributed by atoms with E-state index in [0.717, 1.165) is 32.7 Å². The normalized spacial score (nSPS) is 25.1. The second-order valence-corrected chi connectivity index (χ2v) is 6.55. The Balaban J connectivity index is 2.39. The minimum Gasteiger partial charge on any atom is -0.300 e. The summed E-state index contributed by atoms with van der Waals surface area (Å²) < 4.78 is 20.7. The Bertz CT molecular complexity index is 266. The highest BCUT2D eigenvalue weighted by Crippen LogP contribution is 2.08. The van der Waals surface area contributed by atoms with Crippen LogP contribution >= 0.6 is 0 Å². The minimum absolute atomic E-state index is 0.684. The van der Waals surface area contributed by atoms with Crippen LogP contribution in [0.3, 0.4) is 0 Å². The topological polar surface area (TPSA) is 47.4 Å². The molecule has 5 heteroatoms. The SMILES string of the molecule is CC(C)CN1CCN(S(C)(=N)=O)CC1. The molecular weight excluding hydrogens is 198 g/mol. The first-order valence-corrected chi connectivity index (χ1v) is 7.03. The molecule has 0 radical (unpaired) electrons. The maximum absolute atomic E-state index is 11.4. The van der Waals surface area contributed by atoms with Gasteiger partial charge in [0.15, 0.2) is 0 Å². The standard InChI is InChI=1S/C9H21N3OS/c1-9(2)8-11-4-6-12(7-5-11)14(3,10)13/h9-10H,4-8H2,1-3H3. The average Bonchev–Trinajstić information content (AvgIpc) is 2.02. The predicted molar refractivity (Wildman–Crippen MR) is 59.6 cm³/mol. The lowest BCUT2D eigenvalue weighted by molar-refractivity contribution is 0.175. The molecule has 0 spiro atoms. The smallest absolute Gasteiger partial charge is 0.104 e. The summed E-state index contributed by atoms with van der Waals surface area (Å²) in [7, 11) is -2.47. The van der Waals surface area contributed by atoms with Crippen molar-refractivity contribution in [2.45, 2.75) is 13.8 Å². The van der Waals surface area contributed by atoms with Gasteiger partial charge >= 0.3 is 0 Å². The molecule has 1 fully saturated rings. The van der Waals surface area contributed by atoms with E-state index in [4.69, 9.17) is 4.78 Å². The summed E-state index contributed by atoms with van der Waals surface area (Å²) in [6.45, 7) is 8.96. The van der Waals surface area contributed by atoms with Gasteiger partial charge < -0.3 is 4.90 Å². The van der Waals surface area contributed by atoms with Gasteiger partial charge in [0.1, 0.15) is 9.92 Å². The van der Waals surface area contributed by atoms with Gasteiger partial charge in [-0.3, -0.25) is 0 Å². The summed E-state index contributed by atoms with van der Waals surface area (Å²) in [5.74, 6) is 0.684. The van der Waals surface area contributed by atoms with E-state index in [1.165, 1.54) is 6.26 Å². The van der Waals surface area contributed by atoms with Crippen LogP contribution in [0.1, 0.15) is 13.8 Å². The third-order valence-electron chi connectivity index (χ3n) is 2.45. The molecule has 1 saturated heterocycles. The summed E-state index contributed by atoms with van der Waals surface area (Å²) in [4.78, 5) is 2.38. The molecule has 84 valence electrons. The van der Waals surface area contributed by atoms with Gasteiger partial charge in [0, 0.05) is 39.0 Å². The quantitative estimate of drug-likeness (QED) is 0.765. The number of hydrogen-bond donors (Lipinski definition) is 1. The van der Waals surface area contributed by atoms with E-state index in [2.05, 4.69) is 18.7 Å². The Morgan fingerprint density at radius 2 is 1.79 bits per heavy atom. The number of rotatable bonds is 3. The molecule has 4 nitrogen and oxygen atoms in total. The number of piperazine rings is 1. The first kappa shape index (κ1) is 11.9. The van der Waals surface area contributed by atoms with Crippen molar-refractivity contribution < 1.29 is 4.21 Å². The molecule has 14 heavy (non-hydrogen) atoms. The van der Waals surface area contributed by atoms with E-state index in [9.17, 15) is 4.21 Å². The summed E-state index contributed by atoms with van der Waals surface area (Å²) in [6.07, 6.45) is 1.51. The molecule has 1 N–H and O–H groups in total. The summed E-state index contributed by atoms with van der Waals surface area (Å²) in [5.41, 5.74) is 0. The first-order valence-electron chi connectivity index (χ1n) is 5.11. The number of nitrogens with zero attached hydrogens (tertiary/aromatic N) is 2. The van der Waals surface area contributed by atoms with Crippen molar-refractivity contribution in [3.8, 4) is 0 Å². The number of hydrogen-bond acceptors (Lipinski definition) is 3. The Morgan fingerprint density at radius 1 is 1.29 bits per heavy atom. The lowest BCUT2D eigenvalue weighted by atomic mass is 10.2. The fourth-order valence-corrected chi connectivity index (χ4v) is 2.64. The Hall–Kier alpha value is -0.130. The van der Waals surface area contributed by atoms with E-state index in [1.807, 2.05) is 0 Å². The van der Waals surface area contributed by atoms with Crippen LogP contribution in [0, 0.1) is 10.7 Å². The largest absolute Gasteiger partial charge is 0.300 e. The van der Waals surface area contributed by atoms with Crippen LogP contribution in [0.2, 0.25) is 0 Å². The second kappa shape index (κ2) is 4.59. The third-order valence-corrected chi connectivity index (χ3v) is 3.80. The maximum Gasteiger partial charge on any atom is 0.104 e. The Labute approximate surface area is 87.4 Å². The molecule has 0 aromatic carbocycles. The van der Waals surface area contributed by atoms with E-state index < -0.39 is 9.92 Å². The van der Waals surface area contributed by atoms with E-state index in [-0.39, 0.29) is 0 Å².